The van der Waals surface area contributed by atoms with Gasteiger partial charge in [-0.1, -0.05) is 12.1 Å². The van der Waals surface area contributed by atoms with Gasteiger partial charge in [0.25, 0.3) is 0 Å². The molecule has 2 aromatic rings. The second kappa shape index (κ2) is 10.9. The summed E-state index contributed by atoms with van der Waals surface area (Å²) < 4.78 is 16.6. The summed E-state index contributed by atoms with van der Waals surface area (Å²) in [4.78, 5) is 16.9. The Labute approximate surface area is 195 Å². The number of aromatic nitrogens is 1. The number of rotatable bonds is 7. The minimum absolute atomic E-state index is 0. The number of carbonyl (C=O) groups is 1. The number of hydrogen-bond donors (Lipinski definition) is 2. The molecule has 1 saturated heterocycles. The van der Waals surface area contributed by atoms with Gasteiger partial charge in [-0.15, -0.1) is 24.8 Å². The summed E-state index contributed by atoms with van der Waals surface area (Å²) in [5.74, 6) is 2.37. The van der Waals surface area contributed by atoms with Crippen LogP contribution in [0.3, 0.4) is 0 Å². The summed E-state index contributed by atoms with van der Waals surface area (Å²) in [5.41, 5.74) is 1.18. The molecule has 4 rings (SSSR count). The van der Waals surface area contributed by atoms with Crippen LogP contribution in [0.1, 0.15) is 24.8 Å². The summed E-state index contributed by atoms with van der Waals surface area (Å²) >= 11 is 0. The number of carbonyl (C=O) groups excluding carboxylic acids is 1. The molecule has 0 radical (unpaired) electrons. The molecule has 0 bridgehead atoms. The van der Waals surface area contributed by atoms with Gasteiger partial charge in [0.2, 0.25) is 17.5 Å². The van der Waals surface area contributed by atoms with E-state index in [1.54, 1.807) is 38.6 Å². The molecule has 1 saturated carbocycles. The smallest absolute Gasteiger partial charge is 0.223 e. The number of pyridine rings is 1. The van der Waals surface area contributed by atoms with Crippen LogP contribution in [-0.4, -0.2) is 38.2 Å². The first kappa shape index (κ1) is 25.0. The molecule has 31 heavy (non-hydrogen) atoms. The number of para-hydroxylation sites is 1. The van der Waals surface area contributed by atoms with Crippen LogP contribution in [0.15, 0.2) is 36.5 Å². The van der Waals surface area contributed by atoms with Gasteiger partial charge in [-0.2, -0.15) is 0 Å². The average Bonchev–Trinajstić information content (AvgIpc) is 3.46. The largest absolute Gasteiger partial charge is 0.493 e. The van der Waals surface area contributed by atoms with E-state index < -0.39 is 0 Å². The second-order valence-electron chi connectivity index (χ2n) is 7.69. The fourth-order valence-electron chi connectivity index (χ4n) is 4.11. The number of nitrogens with zero attached hydrogens (tertiary/aromatic N) is 1. The van der Waals surface area contributed by atoms with Crippen LogP contribution in [0.2, 0.25) is 0 Å². The molecule has 2 heterocycles. The molecule has 2 aliphatic rings. The topological polar surface area (TPSA) is 81.7 Å². The molecular weight excluding hydrogens is 441 g/mol. The molecule has 1 amide bonds. The normalized spacial score (nSPS) is 18.2. The standard InChI is InChI=1S/C22H27N3O4.2ClH/c1-27-17-4-3-5-18(28-2)20(17)29-19-7-6-15(13-24-19)14-25-21(26)16-12-22(16)8-10-23-11-9-22;;/h3-7,13,16,23H,8-12,14H2,1-2H3,(H,25,26);2*1H. The van der Waals surface area contributed by atoms with E-state index >= 15 is 0 Å². The van der Waals surface area contributed by atoms with Crippen molar-refractivity contribution in [1.82, 2.24) is 15.6 Å². The summed E-state index contributed by atoms with van der Waals surface area (Å²) in [6, 6.07) is 9.11. The first-order valence-corrected chi connectivity index (χ1v) is 9.97. The Bertz CT molecular complexity index is 851. The third-order valence-corrected chi connectivity index (χ3v) is 5.96. The highest BCUT2D eigenvalue weighted by Gasteiger charge is 2.57. The van der Waals surface area contributed by atoms with Gasteiger partial charge in [-0.25, -0.2) is 4.98 Å². The van der Waals surface area contributed by atoms with Crippen molar-refractivity contribution in [1.29, 1.82) is 0 Å². The van der Waals surface area contributed by atoms with Crippen molar-refractivity contribution >= 4 is 30.7 Å². The van der Waals surface area contributed by atoms with E-state index in [1.807, 2.05) is 12.1 Å². The highest BCUT2D eigenvalue weighted by Crippen LogP contribution is 2.58. The van der Waals surface area contributed by atoms with Crippen molar-refractivity contribution in [3.05, 3.63) is 42.1 Å². The highest BCUT2D eigenvalue weighted by molar-refractivity contribution is 5.85. The van der Waals surface area contributed by atoms with Gasteiger partial charge in [0, 0.05) is 24.7 Å². The molecule has 1 atom stereocenters. The number of amides is 1. The molecule has 1 aliphatic carbocycles. The van der Waals surface area contributed by atoms with Crippen molar-refractivity contribution in [3.8, 4) is 23.1 Å². The Balaban J connectivity index is 0.00000171. The summed E-state index contributed by atoms with van der Waals surface area (Å²) in [7, 11) is 3.16. The van der Waals surface area contributed by atoms with Crippen molar-refractivity contribution in [2.45, 2.75) is 25.8 Å². The lowest BCUT2D eigenvalue weighted by atomic mass is 9.92. The molecule has 2 N–H and O–H groups in total. The van der Waals surface area contributed by atoms with Crippen LogP contribution < -0.4 is 24.8 Å². The zero-order chi connectivity index (χ0) is 20.3. The van der Waals surface area contributed by atoms with E-state index in [0.717, 1.165) is 37.9 Å². The predicted octanol–water partition coefficient (Wildman–Crippen LogP) is 3.74. The van der Waals surface area contributed by atoms with Gasteiger partial charge in [-0.05, 0) is 55.5 Å². The Morgan fingerprint density at radius 1 is 1.13 bits per heavy atom. The maximum absolute atomic E-state index is 12.5. The predicted molar refractivity (Wildman–Crippen MR) is 123 cm³/mol. The monoisotopic (exact) mass is 469 g/mol. The molecule has 1 aromatic carbocycles. The summed E-state index contributed by atoms with van der Waals surface area (Å²) in [5, 5.41) is 6.43. The van der Waals surface area contributed by atoms with Crippen LogP contribution in [-0.2, 0) is 11.3 Å². The number of hydrogen-bond acceptors (Lipinski definition) is 6. The van der Waals surface area contributed by atoms with Crippen molar-refractivity contribution in [2.75, 3.05) is 27.3 Å². The molecule has 1 spiro atoms. The van der Waals surface area contributed by atoms with Crippen LogP contribution in [0, 0.1) is 11.3 Å². The number of ether oxygens (including phenoxy) is 3. The Hall–Kier alpha value is -2.22. The number of methoxy groups -OCH3 is 2. The van der Waals surface area contributed by atoms with Crippen molar-refractivity contribution < 1.29 is 19.0 Å². The highest BCUT2D eigenvalue weighted by atomic mass is 35.5. The lowest BCUT2D eigenvalue weighted by Gasteiger charge is -2.23. The minimum Gasteiger partial charge on any atom is -0.493 e. The molecule has 9 heteroatoms. The van der Waals surface area contributed by atoms with Gasteiger partial charge in [-0.3, -0.25) is 4.79 Å². The van der Waals surface area contributed by atoms with E-state index in [2.05, 4.69) is 15.6 Å². The van der Waals surface area contributed by atoms with Crippen LogP contribution in [0.5, 0.6) is 23.1 Å². The maximum atomic E-state index is 12.5. The molecule has 1 aromatic heterocycles. The Kier molecular flexibility index (Phi) is 8.79. The van der Waals surface area contributed by atoms with E-state index in [1.165, 1.54) is 0 Å². The first-order valence-electron chi connectivity index (χ1n) is 9.97. The molecular formula is C22H29Cl2N3O4. The number of halogens is 2. The maximum Gasteiger partial charge on any atom is 0.223 e. The Morgan fingerprint density at radius 2 is 1.81 bits per heavy atom. The SMILES string of the molecule is COc1cccc(OC)c1Oc1ccc(CNC(=O)C2CC23CCNCC3)cn1.Cl.Cl. The zero-order valence-corrected chi connectivity index (χ0v) is 19.3. The molecule has 7 nitrogen and oxygen atoms in total. The van der Waals surface area contributed by atoms with Gasteiger partial charge in [0.05, 0.1) is 14.2 Å². The quantitative estimate of drug-likeness (QED) is 0.642. The number of benzene rings is 1. The third kappa shape index (κ3) is 5.53. The van der Waals surface area contributed by atoms with Gasteiger partial charge < -0.3 is 24.8 Å². The molecule has 1 aliphatic heterocycles. The molecule has 170 valence electrons. The second-order valence-corrected chi connectivity index (χ2v) is 7.69. The summed E-state index contributed by atoms with van der Waals surface area (Å²) in [6.07, 6.45) is 4.94. The molecule has 1 unspecified atom stereocenters. The van der Waals surface area contributed by atoms with Crippen LogP contribution in [0.4, 0.5) is 0 Å². The van der Waals surface area contributed by atoms with Crippen molar-refractivity contribution in [3.63, 3.8) is 0 Å². The molecule has 2 fully saturated rings. The summed E-state index contributed by atoms with van der Waals surface area (Å²) in [6.45, 7) is 2.51. The van der Waals surface area contributed by atoms with E-state index in [-0.39, 0.29) is 42.1 Å². The fourth-order valence-corrected chi connectivity index (χ4v) is 4.11. The Morgan fingerprint density at radius 3 is 2.39 bits per heavy atom. The zero-order valence-electron chi connectivity index (χ0n) is 17.7. The lowest BCUT2D eigenvalue weighted by molar-refractivity contribution is -0.123. The fraction of sp³-hybridized carbons (Fsp3) is 0.455. The first-order chi connectivity index (χ1) is 14.1. The third-order valence-electron chi connectivity index (χ3n) is 5.96. The van der Waals surface area contributed by atoms with Gasteiger partial charge in [0.1, 0.15) is 0 Å². The van der Waals surface area contributed by atoms with Gasteiger partial charge in [0.15, 0.2) is 11.5 Å². The van der Waals surface area contributed by atoms with E-state index in [9.17, 15) is 4.79 Å². The van der Waals surface area contributed by atoms with E-state index in [4.69, 9.17) is 14.2 Å². The van der Waals surface area contributed by atoms with Crippen molar-refractivity contribution in [2.24, 2.45) is 11.3 Å². The lowest BCUT2D eigenvalue weighted by Crippen LogP contribution is -2.33. The minimum atomic E-state index is 0. The number of nitrogens with one attached hydrogen (secondary N) is 2. The number of piperidine rings is 1. The van der Waals surface area contributed by atoms with Crippen LogP contribution in [0.25, 0.3) is 0 Å². The van der Waals surface area contributed by atoms with E-state index in [0.29, 0.717) is 29.7 Å². The average molecular weight is 470 g/mol. The van der Waals surface area contributed by atoms with Gasteiger partial charge >= 0.3 is 0 Å². The van der Waals surface area contributed by atoms with Crippen LogP contribution >= 0.6 is 24.8 Å².